The summed E-state index contributed by atoms with van der Waals surface area (Å²) in [5.74, 6) is 0. The van der Waals surface area contributed by atoms with Crippen molar-refractivity contribution in [3.63, 3.8) is 0 Å². The van der Waals surface area contributed by atoms with Crippen LogP contribution in [0.2, 0.25) is 0 Å². The van der Waals surface area contributed by atoms with Crippen molar-refractivity contribution >= 4 is 12.4 Å². The fraction of sp³-hybridized carbons (Fsp3) is 0.600. The predicted molar refractivity (Wildman–Crippen MR) is 55.9 cm³/mol. The van der Waals surface area contributed by atoms with Crippen molar-refractivity contribution in [2.45, 2.75) is 26.2 Å². The lowest BCUT2D eigenvalue weighted by Crippen LogP contribution is -2.39. The number of amides is 3. The summed E-state index contributed by atoms with van der Waals surface area (Å²) in [6.45, 7) is 6.43. The summed E-state index contributed by atoms with van der Waals surface area (Å²) in [6, 6.07) is -0.351. The third-order valence-electron chi connectivity index (χ3n) is 1.77. The van der Waals surface area contributed by atoms with E-state index in [1.807, 2.05) is 0 Å². The normalized spacial score (nSPS) is 9.21. The highest BCUT2D eigenvalue weighted by Gasteiger charge is 2.08. The van der Waals surface area contributed by atoms with Crippen LogP contribution in [0.25, 0.3) is 0 Å². The molecule has 14 heavy (non-hydrogen) atoms. The number of nitrogens with zero attached hydrogens (tertiary/aromatic N) is 1. The Morgan fingerprint density at radius 1 is 1.50 bits per heavy atom. The van der Waals surface area contributed by atoms with Crippen molar-refractivity contribution < 1.29 is 9.59 Å². The van der Waals surface area contributed by atoms with Gasteiger partial charge in [-0.2, -0.15) is 0 Å². The van der Waals surface area contributed by atoms with Crippen LogP contribution in [0.15, 0.2) is 12.7 Å². The van der Waals surface area contributed by atoms with E-state index in [4.69, 9.17) is 0 Å². The number of hydrogen-bond donors (Lipinski definition) is 1. The van der Waals surface area contributed by atoms with E-state index < -0.39 is 0 Å². The van der Waals surface area contributed by atoms with Gasteiger partial charge in [-0.15, -0.1) is 6.58 Å². The first kappa shape index (κ1) is 12.7. The van der Waals surface area contributed by atoms with Gasteiger partial charge in [-0.1, -0.05) is 25.8 Å². The first-order chi connectivity index (χ1) is 6.76. The van der Waals surface area contributed by atoms with Crippen LogP contribution in [-0.2, 0) is 4.79 Å². The minimum Gasteiger partial charge on any atom is -0.338 e. The highest BCUT2D eigenvalue weighted by Crippen LogP contribution is 1.92. The Kier molecular flexibility index (Phi) is 7.50. The summed E-state index contributed by atoms with van der Waals surface area (Å²) < 4.78 is 0. The minimum atomic E-state index is -0.351. The SMILES string of the molecule is C=CCN(C=O)C(=O)NCCCCC. The molecular weight excluding hydrogens is 180 g/mol. The van der Waals surface area contributed by atoms with E-state index in [1.165, 1.54) is 6.08 Å². The fourth-order valence-corrected chi connectivity index (χ4v) is 0.985. The molecule has 0 spiro atoms. The highest BCUT2D eigenvalue weighted by molar-refractivity contribution is 5.84. The Morgan fingerprint density at radius 3 is 2.71 bits per heavy atom. The number of unbranched alkanes of at least 4 members (excludes halogenated alkanes) is 2. The lowest BCUT2D eigenvalue weighted by atomic mass is 10.2. The second-order valence-corrected chi connectivity index (χ2v) is 2.99. The zero-order chi connectivity index (χ0) is 10.8. The van der Waals surface area contributed by atoms with Crippen LogP contribution in [0.5, 0.6) is 0 Å². The maximum Gasteiger partial charge on any atom is 0.324 e. The van der Waals surface area contributed by atoms with Gasteiger partial charge in [0.2, 0.25) is 6.41 Å². The molecule has 80 valence electrons. The van der Waals surface area contributed by atoms with Gasteiger partial charge in [0.05, 0.1) is 0 Å². The molecular formula is C10H18N2O2. The molecule has 0 fully saturated rings. The number of urea groups is 1. The van der Waals surface area contributed by atoms with Gasteiger partial charge in [-0.25, -0.2) is 4.79 Å². The lowest BCUT2D eigenvalue weighted by Gasteiger charge is -2.13. The molecule has 0 saturated heterocycles. The van der Waals surface area contributed by atoms with Crippen LogP contribution in [0.1, 0.15) is 26.2 Å². The van der Waals surface area contributed by atoms with E-state index in [-0.39, 0.29) is 12.6 Å². The fourth-order valence-electron chi connectivity index (χ4n) is 0.985. The molecule has 0 atom stereocenters. The molecule has 0 aromatic carbocycles. The van der Waals surface area contributed by atoms with Gasteiger partial charge in [0, 0.05) is 13.1 Å². The van der Waals surface area contributed by atoms with Crippen molar-refractivity contribution in [1.82, 2.24) is 10.2 Å². The van der Waals surface area contributed by atoms with Gasteiger partial charge in [0.15, 0.2) is 0 Å². The molecule has 0 rings (SSSR count). The molecule has 4 heteroatoms. The quantitative estimate of drug-likeness (QED) is 0.383. The zero-order valence-corrected chi connectivity index (χ0v) is 8.66. The van der Waals surface area contributed by atoms with Crippen molar-refractivity contribution in [2.75, 3.05) is 13.1 Å². The predicted octanol–water partition coefficient (Wildman–Crippen LogP) is 1.53. The summed E-state index contributed by atoms with van der Waals surface area (Å²) in [5, 5.41) is 2.66. The number of carbonyl (C=O) groups excluding carboxylic acids is 2. The molecule has 0 aliphatic heterocycles. The van der Waals surface area contributed by atoms with Gasteiger partial charge in [0.25, 0.3) is 0 Å². The Morgan fingerprint density at radius 2 is 2.21 bits per heavy atom. The second kappa shape index (κ2) is 8.29. The first-order valence-electron chi connectivity index (χ1n) is 4.87. The molecule has 0 radical (unpaired) electrons. The van der Waals surface area contributed by atoms with E-state index in [0.29, 0.717) is 13.0 Å². The van der Waals surface area contributed by atoms with E-state index in [0.717, 1.165) is 24.2 Å². The monoisotopic (exact) mass is 198 g/mol. The topological polar surface area (TPSA) is 49.4 Å². The standard InChI is InChI=1S/C10H18N2O2/c1-3-5-6-7-11-10(14)12(9-13)8-4-2/h4,9H,2-3,5-8H2,1H3,(H,11,14). The molecule has 0 aliphatic carbocycles. The van der Waals surface area contributed by atoms with Crippen LogP contribution >= 0.6 is 0 Å². The molecule has 0 saturated carbocycles. The van der Waals surface area contributed by atoms with Crippen molar-refractivity contribution in [3.8, 4) is 0 Å². The molecule has 3 amide bonds. The second-order valence-electron chi connectivity index (χ2n) is 2.99. The third kappa shape index (κ3) is 5.35. The van der Waals surface area contributed by atoms with Crippen LogP contribution in [0, 0.1) is 0 Å². The van der Waals surface area contributed by atoms with E-state index in [2.05, 4.69) is 18.8 Å². The number of nitrogens with one attached hydrogen (secondary N) is 1. The van der Waals surface area contributed by atoms with Crippen molar-refractivity contribution in [3.05, 3.63) is 12.7 Å². The summed E-state index contributed by atoms with van der Waals surface area (Å²) in [7, 11) is 0. The molecule has 0 aromatic rings. The number of carbonyl (C=O) groups is 2. The minimum absolute atomic E-state index is 0.253. The Labute approximate surface area is 85.0 Å². The number of rotatable bonds is 7. The van der Waals surface area contributed by atoms with Crippen molar-refractivity contribution in [1.29, 1.82) is 0 Å². The molecule has 4 nitrogen and oxygen atoms in total. The summed E-state index contributed by atoms with van der Waals surface area (Å²) in [6.07, 6.45) is 5.17. The highest BCUT2D eigenvalue weighted by atomic mass is 16.2. The Balaban J connectivity index is 3.69. The molecule has 0 heterocycles. The zero-order valence-electron chi connectivity index (χ0n) is 8.66. The average Bonchev–Trinajstić information content (AvgIpc) is 2.20. The van der Waals surface area contributed by atoms with Crippen LogP contribution in [0.3, 0.4) is 0 Å². The van der Waals surface area contributed by atoms with Crippen LogP contribution in [0.4, 0.5) is 4.79 Å². The molecule has 0 aromatic heterocycles. The molecule has 1 N–H and O–H groups in total. The summed E-state index contributed by atoms with van der Waals surface area (Å²) >= 11 is 0. The van der Waals surface area contributed by atoms with Gasteiger partial charge in [-0.3, -0.25) is 9.69 Å². The lowest BCUT2D eigenvalue weighted by molar-refractivity contribution is -0.115. The van der Waals surface area contributed by atoms with Gasteiger partial charge in [0.1, 0.15) is 0 Å². The maximum absolute atomic E-state index is 11.3. The summed E-state index contributed by atoms with van der Waals surface area (Å²) in [4.78, 5) is 22.8. The van der Waals surface area contributed by atoms with E-state index in [9.17, 15) is 9.59 Å². The first-order valence-corrected chi connectivity index (χ1v) is 4.87. The average molecular weight is 198 g/mol. The third-order valence-corrected chi connectivity index (χ3v) is 1.77. The smallest absolute Gasteiger partial charge is 0.324 e. The molecule has 0 aliphatic rings. The van der Waals surface area contributed by atoms with Gasteiger partial charge >= 0.3 is 6.03 Å². The molecule has 0 bridgehead atoms. The van der Waals surface area contributed by atoms with Gasteiger partial charge in [-0.05, 0) is 6.42 Å². The maximum atomic E-state index is 11.3. The van der Waals surface area contributed by atoms with Gasteiger partial charge < -0.3 is 5.32 Å². The van der Waals surface area contributed by atoms with Crippen LogP contribution < -0.4 is 5.32 Å². The van der Waals surface area contributed by atoms with E-state index >= 15 is 0 Å². The van der Waals surface area contributed by atoms with Crippen molar-refractivity contribution in [2.24, 2.45) is 0 Å². The van der Waals surface area contributed by atoms with E-state index in [1.54, 1.807) is 0 Å². The largest absolute Gasteiger partial charge is 0.338 e. The number of imide groups is 1. The Bertz CT molecular complexity index is 193. The molecule has 0 unspecified atom stereocenters. The van der Waals surface area contributed by atoms with Crippen LogP contribution in [-0.4, -0.2) is 30.4 Å². The summed E-state index contributed by atoms with van der Waals surface area (Å²) in [5.41, 5.74) is 0. The number of hydrogen-bond acceptors (Lipinski definition) is 2. The Hall–Kier alpha value is -1.32.